The van der Waals surface area contributed by atoms with Gasteiger partial charge in [-0.3, -0.25) is 0 Å². The molecule has 1 aromatic rings. The number of carboxylic acid groups (broad SMARTS) is 1. The number of aromatic nitrogens is 2. The van der Waals surface area contributed by atoms with Crippen molar-refractivity contribution in [3.63, 3.8) is 0 Å². The van der Waals surface area contributed by atoms with Crippen LogP contribution in [0.2, 0.25) is 0 Å². The lowest BCUT2D eigenvalue weighted by molar-refractivity contribution is -0.192. The first-order chi connectivity index (χ1) is 14.8. The second-order valence-electron chi connectivity index (χ2n) is 8.27. The number of aliphatic carboxylic acids is 1. The fourth-order valence-corrected chi connectivity index (χ4v) is 4.28. The fraction of sp³-hybridized carbons (Fsp3) is 0.750. The standard InChI is InChI=1S/C18H28N4O2.C2HF3O2/c1-6-19-17(20-7-1)21-16-12-18(24-14-16)4-8-22(9-5-18)13-15-2-10-23-11-3-15;3-2(4,5)1(6)7/h1,6-7,15-16H,2-5,8-14H2,(H,19,20,21);(H,6,7). The van der Waals surface area contributed by atoms with Crippen molar-refractivity contribution in [1.29, 1.82) is 0 Å². The minimum atomic E-state index is -5.08. The van der Waals surface area contributed by atoms with Crippen LogP contribution in [0.5, 0.6) is 0 Å². The van der Waals surface area contributed by atoms with Gasteiger partial charge in [0.15, 0.2) is 0 Å². The first-order valence-corrected chi connectivity index (χ1v) is 10.5. The molecule has 3 saturated heterocycles. The molecule has 0 amide bonds. The zero-order valence-corrected chi connectivity index (χ0v) is 17.3. The molecular weight excluding hydrogens is 417 g/mol. The Labute approximate surface area is 179 Å². The number of halogens is 3. The van der Waals surface area contributed by atoms with Gasteiger partial charge in [0.25, 0.3) is 0 Å². The SMILES string of the molecule is O=C(O)C(F)(F)F.c1cnc(NC2COC3(CCN(CC4CCOCC4)CC3)C2)nc1. The number of hydrogen-bond acceptors (Lipinski definition) is 7. The molecule has 3 aliphatic rings. The fourth-order valence-electron chi connectivity index (χ4n) is 4.28. The molecule has 1 aromatic heterocycles. The summed E-state index contributed by atoms with van der Waals surface area (Å²) in [6, 6.07) is 2.17. The average molecular weight is 446 g/mol. The lowest BCUT2D eigenvalue weighted by Gasteiger charge is -2.40. The number of nitrogens with one attached hydrogen (secondary N) is 1. The summed E-state index contributed by atoms with van der Waals surface area (Å²) in [7, 11) is 0. The summed E-state index contributed by atoms with van der Waals surface area (Å²) < 4.78 is 43.4. The summed E-state index contributed by atoms with van der Waals surface area (Å²) >= 11 is 0. The van der Waals surface area contributed by atoms with Crippen LogP contribution >= 0.6 is 0 Å². The molecule has 3 aliphatic heterocycles. The van der Waals surface area contributed by atoms with Gasteiger partial charge in [0, 0.05) is 45.2 Å². The lowest BCUT2D eigenvalue weighted by Crippen LogP contribution is -2.46. The summed E-state index contributed by atoms with van der Waals surface area (Å²) in [6.07, 6.45) is 4.26. The second-order valence-corrected chi connectivity index (χ2v) is 8.27. The van der Waals surface area contributed by atoms with Crippen LogP contribution < -0.4 is 5.32 Å². The number of ether oxygens (including phenoxy) is 2. The monoisotopic (exact) mass is 446 g/mol. The molecule has 0 radical (unpaired) electrons. The van der Waals surface area contributed by atoms with E-state index in [0.29, 0.717) is 12.0 Å². The van der Waals surface area contributed by atoms with Crippen LogP contribution in [0, 0.1) is 5.92 Å². The molecule has 2 N–H and O–H groups in total. The number of carbonyl (C=O) groups is 1. The Morgan fingerprint density at radius 3 is 2.42 bits per heavy atom. The van der Waals surface area contributed by atoms with Crippen LogP contribution in [0.15, 0.2) is 18.5 Å². The maximum atomic E-state index is 10.6. The smallest absolute Gasteiger partial charge is 0.475 e. The van der Waals surface area contributed by atoms with Gasteiger partial charge in [0.1, 0.15) is 0 Å². The van der Waals surface area contributed by atoms with Crippen molar-refractivity contribution in [2.24, 2.45) is 5.92 Å². The molecule has 0 aromatic carbocycles. The van der Waals surface area contributed by atoms with Crippen molar-refractivity contribution >= 4 is 11.9 Å². The lowest BCUT2D eigenvalue weighted by atomic mass is 9.86. The zero-order chi connectivity index (χ0) is 22.3. The minimum absolute atomic E-state index is 0.0681. The number of likely N-dealkylation sites (tertiary alicyclic amines) is 1. The van der Waals surface area contributed by atoms with Crippen molar-refractivity contribution in [1.82, 2.24) is 14.9 Å². The van der Waals surface area contributed by atoms with E-state index in [9.17, 15) is 13.2 Å². The summed E-state index contributed by atoms with van der Waals surface area (Å²) in [5.74, 6) is -1.23. The number of rotatable bonds is 4. The van der Waals surface area contributed by atoms with E-state index >= 15 is 0 Å². The van der Waals surface area contributed by atoms with Crippen molar-refractivity contribution in [2.75, 3.05) is 44.8 Å². The van der Waals surface area contributed by atoms with E-state index < -0.39 is 12.1 Å². The Bertz CT molecular complexity index is 693. The molecule has 1 atom stereocenters. The average Bonchev–Trinajstić information content (AvgIpc) is 3.13. The number of nitrogens with zero attached hydrogens (tertiary/aromatic N) is 3. The van der Waals surface area contributed by atoms with Gasteiger partial charge in [-0.2, -0.15) is 13.2 Å². The van der Waals surface area contributed by atoms with E-state index in [2.05, 4.69) is 20.2 Å². The van der Waals surface area contributed by atoms with E-state index in [-0.39, 0.29) is 5.60 Å². The van der Waals surface area contributed by atoms with Gasteiger partial charge >= 0.3 is 12.1 Å². The number of anilines is 1. The van der Waals surface area contributed by atoms with Crippen molar-refractivity contribution in [2.45, 2.75) is 49.9 Å². The molecule has 174 valence electrons. The summed E-state index contributed by atoms with van der Waals surface area (Å²) in [5, 5.41) is 10.5. The Hall–Kier alpha value is -1.98. The van der Waals surface area contributed by atoms with Gasteiger partial charge in [0.2, 0.25) is 5.95 Å². The molecule has 0 aliphatic carbocycles. The predicted molar refractivity (Wildman–Crippen MR) is 106 cm³/mol. The largest absolute Gasteiger partial charge is 0.490 e. The maximum absolute atomic E-state index is 10.6. The maximum Gasteiger partial charge on any atom is 0.490 e. The highest BCUT2D eigenvalue weighted by atomic mass is 19.4. The molecule has 0 saturated carbocycles. The van der Waals surface area contributed by atoms with E-state index in [4.69, 9.17) is 19.4 Å². The van der Waals surface area contributed by atoms with Crippen LogP contribution in [0.3, 0.4) is 0 Å². The summed E-state index contributed by atoms with van der Waals surface area (Å²) in [6.45, 7) is 6.20. The van der Waals surface area contributed by atoms with Gasteiger partial charge in [-0.05, 0) is 44.1 Å². The topological polar surface area (TPSA) is 96.8 Å². The number of hydrogen-bond donors (Lipinski definition) is 2. The van der Waals surface area contributed by atoms with E-state index in [1.165, 1.54) is 19.4 Å². The number of piperidine rings is 1. The number of alkyl halides is 3. The number of carboxylic acids is 1. The molecule has 31 heavy (non-hydrogen) atoms. The molecule has 11 heteroatoms. The Kier molecular flexibility index (Phi) is 8.06. The Morgan fingerprint density at radius 1 is 1.23 bits per heavy atom. The van der Waals surface area contributed by atoms with Gasteiger partial charge in [-0.1, -0.05) is 0 Å². The highest BCUT2D eigenvalue weighted by molar-refractivity contribution is 5.73. The van der Waals surface area contributed by atoms with E-state index in [0.717, 1.165) is 58.1 Å². The molecule has 0 bridgehead atoms. The third kappa shape index (κ3) is 7.29. The van der Waals surface area contributed by atoms with Crippen LogP contribution in [-0.2, 0) is 14.3 Å². The molecule has 8 nitrogen and oxygen atoms in total. The third-order valence-electron chi connectivity index (χ3n) is 5.98. The second kappa shape index (κ2) is 10.6. The normalized spacial score (nSPS) is 24.4. The molecule has 4 rings (SSSR count). The van der Waals surface area contributed by atoms with Gasteiger partial charge in [-0.15, -0.1) is 0 Å². The van der Waals surface area contributed by atoms with Crippen LogP contribution in [0.25, 0.3) is 0 Å². The first-order valence-electron chi connectivity index (χ1n) is 10.5. The van der Waals surface area contributed by atoms with Crippen molar-refractivity contribution < 1.29 is 32.5 Å². The first kappa shape index (κ1) is 23.7. The Morgan fingerprint density at radius 2 is 1.84 bits per heavy atom. The third-order valence-corrected chi connectivity index (χ3v) is 5.98. The van der Waals surface area contributed by atoms with Gasteiger partial charge < -0.3 is 24.8 Å². The predicted octanol–water partition coefficient (Wildman–Crippen LogP) is 2.57. The van der Waals surface area contributed by atoms with Crippen molar-refractivity contribution in [3.8, 4) is 0 Å². The molecule has 4 heterocycles. The minimum Gasteiger partial charge on any atom is -0.475 e. The highest BCUT2D eigenvalue weighted by Crippen LogP contribution is 2.37. The van der Waals surface area contributed by atoms with Gasteiger partial charge in [0.05, 0.1) is 18.2 Å². The Balaban J connectivity index is 0.000000339. The van der Waals surface area contributed by atoms with Crippen LogP contribution in [-0.4, -0.2) is 83.2 Å². The molecule has 1 unspecified atom stereocenters. The molecule has 3 fully saturated rings. The quantitative estimate of drug-likeness (QED) is 0.729. The van der Waals surface area contributed by atoms with E-state index in [1.54, 1.807) is 12.4 Å². The van der Waals surface area contributed by atoms with E-state index in [1.807, 2.05) is 6.07 Å². The van der Waals surface area contributed by atoms with Gasteiger partial charge in [-0.25, -0.2) is 14.8 Å². The summed E-state index contributed by atoms with van der Waals surface area (Å²) in [5.41, 5.74) is 0.0681. The molecule has 1 spiro atoms. The molecular formula is C20H29F3N4O4. The van der Waals surface area contributed by atoms with Crippen molar-refractivity contribution in [3.05, 3.63) is 18.5 Å². The highest BCUT2D eigenvalue weighted by Gasteiger charge is 2.43. The van der Waals surface area contributed by atoms with Crippen LogP contribution in [0.4, 0.5) is 19.1 Å². The van der Waals surface area contributed by atoms with Crippen LogP contribution in [0.1, 0.15) is 32.1 Å². The zero-order valence-electron chi connectivity index (χ0n) is 17.3. The summed E-state index contributed by atoms with van der Waals surface area (Å²) in [4.78, 5) is 20.0.